The van der Waals surface area contributed by atoms with E-state index in [1.165, 1.54) is 22.5 Å². The fourth-order valence-electron chi connectivity index (χ4n) is 2.01. The molecule has 0 N–H and O–H groups in total. The number of rotatable bonds is 0. The summed E-state index contributed by atoms with van der Waals surface area (Å²) in [5.74, 6) is 0. The van der Waals surface area contributed by atoms with Crippen molar-refractivity contribution in [2.75, 3.05) is 0 Å². The zero-order chi connectivity index (χ0) is 8.84. The average molecular weight is 170 g/mol. The number of hydrogen-bond donors (Lipinski definition) is 0. The second-order valence-electron chi connectivity index (χ2n) is 3.46. The predicted octanol–water partition coefficient (Wildman–Crippen LogP) is 1.99. The van der Waals surface area contributed by atoms with E-state index < -0.39 is 0 Å². The molecule has 0 amide bonds. The Morgan fingerprint density at radius 1 is 1.31 bits per heavy atom. The van der Waals surface area contributed by atoms with Crippen molar-refractivity contribution in [2.24, 2.45) is 7.05 Å². The molecule has 0 atom stereocenters. The van der Waals surface area contributed by atoms with Crippen LogP contribution in [0.25, 0.3) is 11.1 Å². The molecule has 0 fully saturated rings. The topological polar surface area (TPSA) is 17.8 Å². The molecular formula is C11H10N2. The lowest BCUT2D eigenvalue weighted by Gasteiger charge is -1.96. The van der Waals surface area contributed by atoms with E-state index in [9.17, 15) is 0 Å². The summed E-state index contributed by atoms with van der Waals surface area (Å²) in [4.78, 5) is 4.37. The molecule has 0 aromatic carbocycles. The van der Waals surface area contributed by atoms with Gasteiger partial charge < -0.3 is 4.57 Å². The Morgan fingerprint density at radius 2 is 2.23 bits per heavy atom. The van der Waals surface area contributed by atoms with Gasteiger partial charge in [-0.15, -0.1) is 0 Å². The van der Waals surface area contributed by atoms with Crippen LogP contribution in [0.2, 0.25) is 0 Å². The maximum absolute atomic E-state index is 4.37. The minimum atomic E-state index is 0.981. The molecule has 0 radical (unpaired) electrons. The standard InChI is InChI=1S/C11H10N2/c1-13-6-4-9-8-3-2-5-12-10(8)7-11(9)13/h2-6H,7H2,1H3. The van der Waals surface area contributed by atoms with Gasteiger partial charge in [-0.25, -0.2) is 0 Å². The first kappa shape index (κ1) is 6.89. The molecule has 0 spiro atoms. The summed E-state index contributed by atoms with van der Waals surface area (Å²) in [6, 6.07) is 6.32. The first-order valence-electron chi connectivity index (χ1n) is 4.45. The Labute approximate surface area is 76.9 Å². The van der Waals surface area contributed by atoms with E-state index in [1.54, 1.807) is 0 Å². The summed E-state index contributed by atoms with van der Waals surface area (Å²) in [5, 5.41) is 0. The monoisotopic (exact) mass is 170 g/mol. The Hall–Kier alpha value is -1.57. The number of nitrogens with zero attached hydrogens (tertiary/aromatic N) is 2. The second-order valence-corrected chi connectivity index (χ2v) is 3.46. The summed E-state index contributed by atoms with van der Waals surface area (Å²) in [6.07, 6.45) is 4.96. The summed E-state index contributed by atoms with van der Waals surface area (Å²) < 4.78 is 2.18. The van der Waals surface area contributed by atoms with Crippen LogP contribution in [0.1, 0.15) is 11.4 Å². The number of pyridine rings is 1. The van der Waals surface area contributed by atoms with Gasteiger partial charge in [-0.05, 0) is 12.1 Å². The van der Waals surface area contributed by atoms with Crippen LogP contribution in [0.15, 0.2) is 30.6 Å². The van der Waals surface area contributed by atoms with Crippen LogP contribution in [-0.4, -0.2) is 9.55 Å². The summed E-state index contributed by atoms with van der Waals surface area (Å²) in [5.41, 5.74) is 5.25. The quantitative estimate of drug-likeness (QED) is 0.504. The molecule has 0 saturated heterocycles. The van der Waals surface area contributed by atoms with Gasteiger partial charge in [0.2, 0.25) is 0 Å². The van der Waals surface area contributed by atoms with Crippen LogP contribution in [0.3, 0.4) is 0 Å². The highest BCUT2D eigenvalue weighted by atomic mass is 14.9. The maximum atomic E-state index is 4.37. The predicted molar refractivity (Wildman–Crippen MR) is 51.5 cm³/mol. The van der Waals surface area contributed by atoms with Crippen molar-refractivity contribution in [1.29, 1.82) is 0 Å². The van der Waals surface area contributed by atoms with E-state index in [1.807, 2.05) is 12.3 Å². The minimum Gasteiger partial charge on any atom is -0.354 e. The Bertz CT molecular complexity index is 469. The smallest absolute Gasteiger partial charge is 0.0541 e. The van der Waals surface area contributed by atoms with Crippen molar-refractivity contribution in [3.63, 3.8) is 0 Å². The normalized spacial score (nSPS) is 12.7. The van der Waals surface area contributed by atoms with Crippen molar-refractivity contribution in [3.05, 3.63) is 42.0 Å². The first-order valence-corrected chi connectivity index (χ1v) is 4.45. The zero-order valence-electron chi connectivity index (χ0n) is 7.49. The third kappa shape index (κ3) is 0.800. The van der Waals surface area contributed by atoms with Gasteiger partial charge >= 0.3 is 0 Å². The van der Waals surface area contributed by atoms with Crippen molar-refractivity contribution in [2.45, 2.75) is 6.42 Å². The molecule has 2 heteroatoms. The highest BCUT2D eigenvalue weighted by Gasteiger charge is 2.20. The minimum absolute atomic E-state index is 0.981. The number of aryl methyl sites for hydroxylation is 1. The van der Waals surface area contributed by atoms with Crippen molar-refractivity contribution >= 4 is 0 Å². The third-order valence-corrected chi connectivity index (χ3v) is 2.72. The van der Waals surface area contributed by atoms with Gasteiger partial charge in [0.25, 0.3) is 0 Å². The highest BCUT2D eigenvalue weighted by molar-refractivity contribution is 5.74. The molecule has 13 heavy (non-hydrogen) atoms. The zero-order valence-corrected chi connectivity index (χ0v) is 7.49. The van der Waals surface area contributed by atoms with E-state index >= 15 is 0 Å². The van der Waals surface area contributed by atoms with Crippen molar-refractivity contribution < 1.29 is 0 Å². The third-order valence-electron chi connectivity index (χ3n) is 2.72. The van der Waals surface area contributed by atoms with Crippen LogP contribution < -0.4 is 0 Å². The molecule has 2 aromatic heterocycles. The number of fused-ring (bicyclic) bond motifs is 3. The Balaban J connectivity index is 2.32. The van der Waals surface area contributed by atoms with Gasteiger partial charge in [-0.2, -0.15) is 0 Å². The molecule has 64 valence electrons. The fraction of sp³-hybridized carbons (Fsp3) is 0.182. The van der Waals surface area contributed by atoms with E-state index in [2.05, 4.69) is 34.9 Å². The second kappa shape index (κ2) is 2.22. The van der Waals surface area contributed by atoms with Crippen LogP contribution >= 0.6 is 0 Å². The molecule has 1 aliphatic rings. The molecule has 1 aliphatic carbocycles. The average Bonchev–Trinajstić information content (AvgIpc) is 2.67. The molecule has 0 aliphatic heterocycles. The molecule has 3 rings (SSSR count). The van der Waals surface area contributed by atoms with E-state index in [4.69, 9.17) is 0 Å². The van der Waals surface area contributed by atoms with Gasteiger partial charge in [0, 0.05) is 42.7 Å². The molecule has 2 heterocycles. The van der Waals surface area contributed by atoms with Gasteiger partial charge in [0.05, 0.1) is 5.69 Å². The Morgan fingerprint density at radius 3 is 3.15 bits per heavy atom. The van der Waals surface area contributed by atoms with E-state index in [0.29, 0.717) is 0 Å². The molecule has 0 unspecified atom stereocenters. The molecule has 2 aromatic rings. The van der Waals surface area contributed by atoms with Gasteiger partial charge in [0.15, 0.2) is 0 Å². The molecule has 0 saturated carbocycles. The first-order chi connectivity index (χ1) is 6.36. The maximum Gasteiger partial charge on any atom is 0.0541 e. The lowest BCUT2D eigenvalue weighted by Crippen LogP contribution is -1.93. The van der Waals surface area contributed by atoms with Gasteiger partial charge in [-0.1, -0.05) is 6.07 Å². The summed E-state index contributed by atoms with van der Waals surface area (Å²) in [7, 11) is 2.09. The van der Waals surface area contributed by atoms with Gasteiger partial charge in [-0.3, -0.25) is 4.98 Å². The largest absolute Gasteiger partial charge is 0.354 e. The van der Waals surface area contributed by atoms with Crippen LogP contribution in [0.5, 0.6) is 0 Å². The van der Waals surface area contributed by atoms with E-state index in [-0.39, 0.29) is 0 Å². The lowest BCUT2D eigenvalue weighted by atomic mass is 10.2. The van der Waals surface area contributed by atoms with E-state index in [0.717, 1.165) is 6.42 Å². The lowest BCUT2D eigenvalue weighted by molar-refractivity contribution is 0.853. The molecule has 0 bridgehead atoms. The summed E-state index contributed by atoms with van der Waals surface area (Å²) >= 11 is 0. The fourth-order valence-corrected chi connectivity index (χ4v) is 2.01. The molecular weight excluding hydrogens is 160 g/mol. The highest BCUT2D eigenvalue weighted by Crippen LogP contribution is 2.35. The van der Waals surface area contributed by atoms with Crippen LogP contribution in [-0.2, 0) is 13.5 Å². The SMILES string of the molecule is Cn1ccc2c1Cc1ncccc1-2. The van der Waals surface area contributed by atoms with Gasteiger partial charge in [0.1, 0.15) is 0 Å². The number of hydrogen-bond acceptors (Lipinski definition) is 1. The van der Waals surface area contributed by atoms with Crippen molar-refractivity contribution in [3.8, 4) is 11.1 Å². The number of aromatic nitrogens is 2. The summed E-state index contributed by atoms with van der Waals surface area (Å²) in [6.45, 7) is 0. The van der Waals surface area contributed by atoms with Crippen molar-refractivity contribution in [1.82, 2.24) is 9.55 Å². The molecule has 2 nitrogen and oxygen atoms in total. The van der Waals surface area contributed by atoms with Crippen LogP contribution in [0.4, 0.5) is 0 Å². The Kier molecular flexibility index (Phi) is 1.18. The van der Waals surface area contributed by atoms with Crippen LogP contribution in [0, 0.1) is 0 Å².